The molecule has 8 nitrogen and oxygen atoms in total. The van der Waals surface area contributed by atoms with E-state index in [1.54, 1.807) is 32.2 Å². The number of esters is 2. The highest BCUT2D eigenvalue weighted by Gasteiger charge is 2.23. The third-order valence-electron chi connectivity index (χ3n) is 5.03. The summed E-state index contributed by atoms with van der Waals surface area (Å²) in [5, 5.41) is 19.3. The second kappa shape index (κ2) is 15.5. The van der Waals surface area contributed by atoms with Gasteiger partial charge in [-0.05, 0) is 63.1 Å². The van der Waals surface area contributed by atoms with Crippen LogP contribution in [0.5, 0.6) is 11.5 Å². The van der Waals surface area contributed by atoms with E-state index in [-0.39, 0.29) is 24.1 Å². The number of carbonyl (C=O) groups excluding carboxylic acids is 2. The number of aryl methyl sites for hydroxylation is 1. The topological polar surface area (TPSA) is 112 Å². The highest BCUT2D eigenvalue weighted by atomic mass is 16.6. The van der Waals surface area contributed by atoms with Crippen molar-refractivity contribution in [3.8, 4) is 11.5 Å². The van der Waals surface area contributed by atoms with E-state index in [1.807, 2.05) is 0 Å². The van der Waals surface area contributed by atoms with E-state index < -0.39 is 18.3 Å². The summed E-state index contributed by atoms with van der Waals surface area (Å²) in [5.41, 5.74) is 0.929. The molecular weight excluding hydrogens is 416 g/mol. The lowest BCUT2D eigenvalue weighted by molar-refractivity contribution is -0.155. The van der Waals surface area contributed by atoms with Crippen molar-refractivity contribution in [3.05, 3.63) is 23.8 Å². The first-order valence-electron chi connectivity index (χ1n) is 11.1. The lowest BCUT2D eigenvalue weighted by Crippen LogP contribution is -2.28. The van der Waals surface area contributed by atoms with Gasteiger partial charge in [0.15, 0.2) is 11.5 Å². The standard InChI is InChI=1S/C24H38O8/c1-17(25)7-5-8-20(31-18(2)26)16-21(32-24(28)9-6-14-29-3)12-10-19-11-13-22(27)23(15-19)30-4/h11,13,15,17,20-21,25,27H,5-10,12,14,16H2,1-4H3/t17-,20+,21-/m0/s1. The van der Waals surface area contributed by atoms with Crippen LogP contribution < -0.4 is 4.74 Å². The Bertz CT molecular complexity index is 689. The van der Waals surface area contributed by atoms with Gasteiger partial charge in [-0.1, -0.05) is 6.07 Å². The Labute approximate surface area is 190 Å². The van der Waals surface area contributed by atoms with Gasteiger partial charge in [0.2, 0.25) is 0 Å². The van der Waals surface area contributed by atoms with E-state index in [1.165, 1.54) is 14.0 Å². The molecule has 8 heteroatoms. The van der Waals surface area contributed by atoms with Crippen molar-refractivity contribution in [2.45, 2.75) is 83.5 Å². The molecule has 2 N–H and O–H groups in total. The van der Waals surface area contributed by atoms with Crippen LogP contribution in [0.4, 0.5) is 0 Å². The van der Waals surface area contributed by atoms with Crippen LogP contribution in [0.15, 0.2) is 18.2 Å². The van der Waals surface area contributed by atoms with E-state index in [0.29, 0.717) is 57.3 Å². The number of carbonyl (C=O) groups is 2. The first-order valence-corrected chi connectivity index (χ1v) is 11.1. The fraction of sp³-hybridized carbons (Fsp3) is 0.667. The molecule has 1 rings (SSSR count). The van der Waals surface area contributed by atoms with E-state index >= 15 is 0 Å². The smallest absolute Gasteiger partial charge is 0.306 e. The maximum Gasteiger partial charge on any atom is 0.306 e. The number of rotatable bonds is 16. The molecule has 0 spiro atoms. The number of phenolic OH excluding ortho intramolecular Hbond substituents is 1. The molecule has 1 aromatic carbocycles. The zero-order valence-corrected chi connectivity index (χ0v) is 19.7. The van der Waals surface area contributed by atoms with E-state index in [4.69, 9.17) is 18.9 Å². The van der Waals surface area contributed by atoms with E-state index in [2.05, 4.69) is 0 Å². The average molecular weight is 455 g/mol. The summed E-state index contributed by atoms with van der Waals surface area (Å²) < 4.78 is 21.3. The zero-order valence-electron chi connectivity index (χ0n) is 19.7. The molecule has 0 aromatic heterocycles. The van der Waals surface area contributed by atoms with Gasteiger partial charge < -0.3 is 29.2 Å². The summed E-state index contributed by atoms with van der Waals surface area (Å²) in [6.45, 7) is 3.55. The van der Waals surface area contributed by atoms with Gasteiger partial charge in [0.05, 0.1) is 13.2 Å². The second-order valence-electron chi connectivity index (χ2n) is 8.00. The molecule has 182 valence electrons. The molecule has 0 saturated carbocycles. The fourth-order valence-corrected chi connectivity index (χ4v) is 3.43. The molecule has 0 amide bonds. The summed E-state index contributed by atoms with van der Waals surface area (Å²) in [7, 11) is 3.07. The summed E-state index contributed by atoms with van der Waals surface area (Å²) in [6.07, 6.45) is 2.91. The van der Waals surface area contributed by atoms with Crippen molar-refractivity contribution in [2.75, 3.05) is 20.8 Å². The Balaban J connectivity index is 2.83. The highest BCUT2D eigenvalue weighted by Crippen LogP contribution is 2.27. The van der Waals surface area contributed by atoms with Gasteiger partial charge in [-0.3, -0.25) is 9.59 Å². The predicted octanol–water partition coefficient (Wildman–Crippen LogP) is 3.54. The second-order valence-corrected chi connectivity index (χ2v) is 8.00. The Kier molecular flexibility index (Phi) is 13.4. The van der Waals surface area contributed by atoms with E-state index in [0.717, 1.165) is 5.56 Å². The number of aliphatic hydroxyl groups is 1. The SMILES string of the molecule is COCCCC(=O)O[C@@H](CCc1ccc(O)c(OC)c1)C[C@@H](CCC[C@H](C)O)OC(C)=O. The Morgan fingerprint density at radius 2 is 1.75 bits per heavy atom. The number of hydrogen-bond acceptors (Lipinski definition) is 8. The van der Waals surface area contributed by atoms with Gasteiger partial charge in [0, 0.05) is 33.5 Å². The van der Waals surface area contributed by atoms with Gasteiger partial charge in [-0.15, -0.1) is 0 Å². The molecule has 0 radical (unpaired) electrons. The van der Waals surface area contributed by atoms with E-state index in [9.17, 15) is 19.8 Å². The Hall–Kier alpha value is -2.32. The Morgan fingerprint density at radius 3 is 2.38 bits per heavy atom. The summed E-state index contributed by atoms with van der Waals surface area (Å²) in [6, 6.07) is 5.11. The molecule has 32 heavy (non-hydrogen) atoms. The van der Waals surface area contributed by atoms with Crippen molar-refractivity contribution in [1.82, 2.24) is 0 Å². The van der Waals surface area contributed by atoms with Crippen LogP contribution in [0, 0.1) is 0 Å². The number of phenols is 1. The molecule has 0 unspecified atom stereocenters. The molecule has 0 aliphatic heterocycles. The Morgan fingerprint density at radius 1 is 1.03 bits per heavy atom. The third-order valence-corrected chi connectivity index (χ3v) is 5.03. The summed E-state index contributed by atoms with van der Waals surface area (Å²) in [5.74, 6) is -0.265. The minimum atomic E-state index is -0.444. The monoisotopic (exact) mass is 454 g/mol. The molecule has 0 aliphatic carbocycles. The molecular formula is C24H38O8. The molecule has 0 fully saturated rings. The quantitative estimate of drug-likeness (QED) is 0.288. The van der Waals surface area contributed by atoms with Crippen molar-refractivity contribution >= 4 is 11.9 Å². The molecule has 3 atom stereocenters. The van der Waals surface area contributed by atoms with Crippen LogP contribution in [0.3, 0.4) is 0 Å². The summed E-state index contributed by atoms with van der Waals surface area (Å²) >= 11 is 0. The van der Waals surface area contributed by atoms with Crippen LogP contribution in [0.25, 0.3) is 0 Å². The van der Waals surface area contributed by atoms with Crippen molar-refractivity contribution in [1.29, 1.82) is 0 Å². The fourth-order valence-electron chi connectivity index (χ4n) is 3.43. The number of benzene rings is 1. The van der Waals surface area contributed by atoms with Gasteiger partial charge in [0.1, 0.15) is 12.2 Å². The maximum atomic E-state index is 12.3. The summed E-state index contributed by atoms with van der Waals surface area (Å²) in [4.78, 5) is 23.9. The minimum Gasteiger partial charge on any atom is -0.504 e. The van der Waals surface area contributed by atoms with Crippen LogP contribution in [0.2, 0.25) is 0 Å². The minimum absolute atomic E-state index is 0.0606. The number of ether oxygens (including phenoxy) is 4. The highest BCUT2D eigenvalue weighted by molar-refractivity contribution is 5.69. The first kappa shape index (κ1) is 27.7. The lowest BCUT2D eigenvalue weighted by Gasteiger charge is -2.24. The van der Waals surface area contributed by atoms with Gasteiger partial charge >= 0.3 is 11.9 Å². The number of aliphatic hydroxyl groups excluding tert-OH is 1. The van der Waals surface area contributed by atoms with Crippen molar-refractivity contribution in [2.24, 2.45) is 0 Å². The third kappa shape index (κ3) is 11.9. The molecule has 0 aliphatic rings. The lowest BCUT2D eigenvalue weighted by atomic mass is 9.99. The zero-order chi connectivity index (χ0) is 23.9. The van der Waals surface area contributed by atoms with Crippen LogP contribution in [-0.2, 0) is 30.2 Å². The molecule has 0 saturated heterocycles. The normalized spacial score (nSPS) is 13.8. The number of hydrogen-bond donors (Lipinski definition) is 2. The molecule has 0 heterocycles. The number of methoxy groups -OCH3 is 2. The van der Waals surface area contributed by atoms with Gasteiger partial charge in [-0.25, -0.2) is 0 Å². The van der Waals surface area contributed by atoms with Crippen LogP contribution in [0.1, 0.15) is 64.4 Å². The van der Waals surface area contributed by atoms with Gasteiger partial charge in [-0.2, -0.15) is 0 Å². The van der Waals surface area contributed by atoms with Crippen molar-refractivity contribution in [3.63, 3.8) is 0 Å². The van der Waals surface area contributed by atoms with Crippen molar-refractivity contribution < 1.29 is 38.7 Å². The largest absolute Gasteiger partial charge is 0.504 e. The molecule has 1 aromatic rings. The van der Waals surface area contributed by atoms with Crippen LogP contribution in [-0.4, -0.2) is 61.3 Å². The molecule has 0 bridgehead atoms. The average Bonchev–Trinajstić information content (AvgIpc) is 2.72. The van der Waals surface area contributed by atoms with Gasteiger partial charge in [0.25, 0.3) is 0 Å². The maximum absolute atomic E-state index is 12.3. The number of aromatic hydroxyl groups is 1. The first-order chi connectivity index (χ1) is 15.2. The predicted molar refractivity (Wildman–Crippen MR) is 120 cm³/mol. The van der Waals surface area contributed by atoms with Crippen LogP contribution >= 0.6 is 0 Å².